The Balaban J connectivity index is 1.50. The largest absolute Gasteiger partial charge is 0.329 e. The van der Waals surface area contributed by atoms with Gasteiger partial charge in [0.05, 0.1) is 17.0 Å². The minimum Gasteiger partial charge on any atom is -0.329 e. The quantitative estimate of drug-likeness (QED) is 0.362. The number of halogens is 1. The maximum absolute atomic E-state index is 13.5. The molecule has 0 saturated heterocycles. The number of nitrogens with zero attached hydrogens (tertiary/aromatic N) is 1. The van der Waals surface area contributed by atoms with Crippen molar-refractivity contribution in [1.82, 2.24) is 15.8 Å². The Kier molecular flexibility index (Phi) is 5.98. The Morgan fingerprint density at radius 1 is 1.08 bits per heavy atom. The molecule has 26 heavy (non-hydrogen) atoms. The Morgan fingerprint density at radius 3 is 2.73 bits per heavy atom. The van der Waals surface area contributed by atoms with Gasteiger partial charge in [0.2, 0.25) is 5.91 Å². The number of nitrogens with one attached hydrogen (secondary N) is 3. The molecule has 132 valence electrons. The fourth-order valence-corrected chi connectivity index (χ4v) is 3.22. The summed E-state index contributed by atoms with van der Waals surface area (Å²) in [6.07, 6.45) is 1.72. The van der Waals surface area contributed by atoms with E-state index in [9.17, 15) is 9.18 Å². The number of amides is 1. The minimum absolute atomic E-state index is 0.0975. The number of para-hydroxylation sites is 2. The molecule has 1 aromatic heterocycles. The number of benzene rings is 2. The summed E-state index contributed by atoms with van der Waals surface area (Å²) in [4.78, 5) is 17.3. The number of hydrogen-bond acceptors (Lipinski definition) is 4. The number of pyridine rings is 1. The van der Waals surface area contributed by atoms with Gasteiger partial charge in [0.1, 0.15) is 5.82 Å². The van der Waals surface area contributed by atoms with Crippen molar-refractivity contribution >= 4 is 51.6 Å². The lowest BCUT2D eigenvalue weighted by atomic mass is 10.2. The van der Waals surface area contributed by atoms with E-state index in [0.29, 0.717) is 0 Å². The zero-order valence-corrected chi connectivity index (χ0v) is 15.2. The lowest BCUT2D eigenvalue weighted by Gasteiger charge is -2.12. The third-order valence-electron chi connectivity index (χ3n) is 3.39. The van der Waals surface area contributed by atoms with Gasteiger partial charge in [0.25, 0.3) is 0 Å². The number of thiocarbonyl (C=S) groups is 1. The fraction of sp³-hybridized carbons (Fsp3) is 0.0556. The van der Waals surface area contributed by atoms with Gasteiger partial charge in [-0.2, -0.15) is 0 Å². The van der Waals surface area contributed by atoms with Gasteiger partial charge in [0.15, 0.2) is 5.11 Å². The van der Waals surface area contributed by atoms with Crippen LogP contribution in [0, 0.1) is 5.82 Å². The molecule has 0 spiro atoms. The Bertz CT molecular complexity index is 946. The van der Waals surface area contributed by atoms with Crippen LogP contribution in [0.5, 0.6) is 0 Å². The first-order chi connectivity index (χ1) is 12.6. The van der Waals surface area contributed by atoms with Gasteiger partial charge in [-0.25, -0.2) is 4.39 Å². The van der Waals surface area contributed by atoms with E-state index >= 15 is 0 Å². The first-order valence-electron chi connectivity index (χ1n) is 7.70. The molecule has 0 bridgehead atoms. The van der Waals surface area contributed by atoms with Crippen LogP contribution in [0.25, 0.3) is 10.9 Å². The molecule has 0 unspecified atom stereocenters. The molecule has 3 rings (SSSR count). The molecule has 0 fully saturated rings. The molecule has 3 N–H and O–H groups in total. The van der Waals surface area contributed by atoms with Crippen molar-refractivity contribution in [2.24, 2.45) is 0 Å². The van der Waals surface area contributed by atoms with E-state index in [-0.39, 0.29) is 22.5 Å². The molecule has 8 heteroatoms. The van der Waals surface area contributed by atoms with Gasteiger partial charge in [-0.3, -0.25) is 20.6 Å². The molecule has 0 saturated carbocycles. The van der Waals surface area contributed by atoms with E-state index in [1.54, 1.807) is 24.4 Å². The zero-order chi connectivity index (χ0) is 18.4. The summed E-state index contributed by atoms with van der Waals surface area (Å²) >= 11 is 6.41. The monoisotopic (exact) mass is 386 g/mol. The van der Waals surface area contributed by atoms with Crippen molar-refractivity contribution in [2.75, 3.05) is 11.1 Å². The SMILES string of the molecule is O=C(CSc1cccc2cccnc12)NNC(=S)Nc1ccccc1F. The van der Waals surface area contributed by atoms with Crippen LogP contribution in [0.15, 0.2) is 65.7 Å². The molecule has 0 aliphatic carbocycles. The van der Waals surface area contributed by atoms with Gasteiger partial charge in [-0.1, -0.05) is 30.3 Å². The van der Waals surface area contributed by atoms with Crippen LogP contribution in [0.1, 0.15) is 0 Å². The molecule has 0 aliphatic heterocycles. The van der Waals surface area contributed by atoms with Crippen LogP contribution in [0.2, 0.25) is 0 Å². The number of rotatable bonds is 4. The predicted molar refractivity (Wildman–Crippen MR) is 106 cm³/mol. The second-order valence-corrected chi connectivity index (χ2v) is 6.65. The van der Waals surface area contributed by atoms with Crippen molar-refractivity contribution < 1.29 is 9.18 Å². The number of carbonyl (C=O) groups is 1. The van der Waals surface area contributed by atoms with Crippen LogP contribution in [-0.4, -0.2) is 21.8 Å². The van der Waals surface area contributed by atoms with Crippen molar-refractivity contribution in [3.63, 3.8) is 0 Å². The van der Waals surface area contributed by atoms with E-state index in [2.05, 4.69) is 21.2 Å². The topological polar surface area (TPSA) is 66.0 Å². The zero-order valence-electron chi connectivity index (χ0n) is 13.5. The Morgan fingerprint density at radius 2 is 1.88 bits per heavy atom. The highest BCUT2D eigenvalue weighted by Crippen LogP contribution is 2.25. The summed E-state index contributed by atoms with van der Waals surface area (Å²) in [7, 11) is 0. The number of hydrogen-bond donors (Lipinski definition) is 3. The van der Waals surface area contributed by atoms with Crippen LogP contribution in [0.3, 0.4) is 0 Å². The standard InChI is InChI=1S/C18H15FN4OS2/c19-13-7-1-2-8-14(13)21-18(25)23-22-16(24)11-26-15-9-3-5-12-6-4-10-20-17(12)15/h1-10H,11H2,(H,22,24)(H2,21,23,25). The first-order valence-corrected chi connectivity index (χ1v) is 9.10. The first kappa shape index (κ1) is 18.1. The lowest BCUT2D eigenvalue weighted by Crippen LogP contribution is -2.44. The Labute approximate surface area is 159 Å². The number of fused-ring (bicyclic) bond motifs is 1. The second-order valence-electron chi connectivity index (χ2n) is 5.23. The van der Waals surface area contributed by atoms with E-state index in [4.69, 9.17) is 12.2 Å². The average molecular weight is 386 g/mol. The molecule has 2 aromatic carbocycles. The van der Waals surface area contributed by atoms with Crippen LogP contribution in [-0.2, 0) is 4.79 Å². The molecule has 5 nitrogen and oxygen atoms in total. The van der Waals surface area contributed by atoms with E-state index in [0.717, 1.165) is 15.8 Å². The summed E-state index contributed by atoms with van der Waals surface area (Å²) in [5.41, 5.74) is 6.13. The van der Waals surface area contributed by atoms with Gasteiger partial charge >= 0.3 is 0 Å². The van der Waals surface area contributed by atoms with E-state index in [1.165, 1.54) is 17.8 Å². The van der Waals surface area contributed by atoms with Crippen molar-refractivity contribution in [1.29, 1.82) is 0 Å². The van der Waals surface area contributed by atoms with Crippen molar-refractivity contribution in [2.45, 2.75) is 4.90 Å². The molecule has 3 aromatic rings. The summed E-state index contributed by atoms with van der Waals surface area (Å²) < 4.78 is 13.5. The maximum Gasteiger partial charge on any atom is 0.248 e. The summed E-state index contributed by atoms with van der Waals surface area (Å²) in [5.74, 6) is -0.507. The van der Waals surface area contributed by atoms with Crippen molar-refractivity contribution in [3.05, 3.63) is 66.6 Å². The minimum atomic E-state index is -0.429. The molecular formula is C18H15FN4OS2. The molecule has 1 heterocycles. The third-order valence-corrected chi connectivity index (χ3v) is 4.64. The van der Waals surface area contributed by atoms with Crippen molar-refractivity contribution in [3.8, 4) is 0 Å². The highest BCUT2D eigenvalue weighted by molar-refractivity contribution is 8.00. The normalized spacial score (nSPS) is 10.3. The molecule has 1 amide bonds. The smallest absolute Gasteiger partial charge is 0.248 e. The number of carbonyl (C=O) groups excluding carboxylic acids is 1. The summed E-state index contributed by atoms with van der Waals surface area (Å²) in [5, 5.41) is 3.79. The predicted octanol–water partition coefficient (Wildman–Crippen LogP) is 3.48. The fourth-order valence-electron chi connectivity index (χ4n) is 2.21. The van der Waals surface area contributed by atoms with E-state index < -0.39 is 5.82 Å². The van der Waals surface area contributed by atoms with Gasteiger partial charge in [-0.15, -0.1) is 11.8 Å². The maximum atomic E-state index is 13.5. The average Bonchev–Trinajstić information content (AvgIpc) is 2.66. The van der Waals surface area contributed by atoms with Crippen LogP contribution < -0.4 is 16.2 Å². The number of thioether (sulfide) groups is 1. The molecule has 0 aliphatic rings. The van der Waals surface area contributed by atoms with Gasteiger partial charge < -0.3 is 5.32 Å². The Hall–Kier alpha value is -2.71. The summed E-state index contributed by atoms with van der Waals surface area (Å²) in [6, 6.07) is 15.8. The van der Waals surface area contributed by atoms with Gasteiger partial charge in [-0.05, 0) is 36.5 Å². The highest BCUT2D eigenvalue weighted by atomic mass is 32.2. The second kappa shape index (κ2) is 8.59. The molecule has 0 radical (unpaired) electrons. The number of hydrazine groups is 1. The number of anilines is 1. The van der Waals surface area contributed by atoms with Gasteiger partial charge in [0, 0.05) is 16.5 Å². The number of aromatic nitrogens is 1. The molecule has 0 atom stereocenters. The summed E-state index contributed by atoms with van der Waals surface area (Å²) in [6.45, 7) is 0. The van der Waals surface area contributed by atoms with E-state index in [1.807, 2.05) is 30.3 Å². The van der Waals surface area contributed by atoms with Crippen LogP contribution >= 0.6 is 24.0 Å². The van der Waals surface area contributed by atoms with Crippen LogP contribution in [0.4, 0.5) is 10.1 Å². The highest BCUT2D eigenvalue weighted by Gasteiger charge is 2.08. The molecular weight excluding hydrogens is 371 g/mol. The third kappa shape index (κ3) is 4.68. The lowest BCUT2D eigenvalue weighted by molar-refractivity contribution is -0.119.